The number of alkyl halides is 1. The van der Waals surface area contributed by atoms with Gasteiger partial charge in [0, 0.05) is 24.3 Å². The number of Topliss-reactive ketones (excluding diaryl/α,β-unsaturated/α-hetero) is 1. The highest BCUT2D eigenvalue weighted by molar-refractivity contribution is 9.10. The van der Waals surface area contributed by atoms with Crippen LogP contribution in [0.4, 0.5) is 5.69 Å². The normalized spacial score (nSPS) is 16.7. The fourth-order valence-electron chi connectivity index (χ4n) is 2.32. The number of benzene rings is 1. The summed E-state index contributed by atoms with van der Waals surface area (Å²) < 4.78 is -0.486. The largest absolute Gasteiger partial charge is 0.372 e. The van der Waals surface area contributed by atoms with Crippen LogP contribution in [0.1, 0.15) is 43.5 Å². The van der Waals surface area contributed by atoms with E-state index in [1.807, 2.05) is 26.0 Å². The zero-order chi connectivity index (χ0) is 13.2. The van der Waals surface area contributed by atoms with Crippen LogP contribution in [0, 0.1) is 0 Å². The van der Waals surface area contributed by atoms with E-state index in [9.17, 15) is 4.79 Å². The lowest BCUT2D eigenvalue weighted by molar-refractivity contribution is 0.0961. The molecule has 2 rings (SSSR count). The minimum absolute atomic E-state index is 0.132. The first-order valence-corrected chi connectivity index (χ1v) is 7.36. The molecule has 3 heteroatoms. The van der Waals surface area contributed by atoms with Crippen LogP contribution in [0.3, 0.4) is 0 Å². The van der Waals surface area contributed by atoms with Crippen LogP contribution >= 0.6 is 15.9 Å². The Bertz CT molecular complexity index is 413. The van der Waals surface area contributed by atoms with Crippen LogP contribution in [-0.2, 0) is 0 Å². The van der Waals surface area contributed by atoms with Gasteiger partial charge in [-0.1, -0.05) is 15.9 Å². The van der Waals surface area contributed by atoms with Gasteiger partial charge in [-0.3, -0.25) is 4.79 Å². The van der Waals surface area contributed by atoms with Gasteiger partial charge in [0.2, 0.25) is 0 Å². The van der Waals surface area contributed by atoms with Gasteiger partial charge >= 0.3 is 0 Å². The third-order valence-corrected chi connectivity index (χ3v) is 3.75. The molecule has 0 spiro atoms. The standard InChI is InChI=1S/C15H20BrNO/c1-15(2,16)14(18)12-6-8-13(9-7-12)17-10-4-3-5-11-17/h6-9H,3-5,10-11H2,1-2H3. The van der Waals surface area contributed by atoms with Crippen LogP contribution in [0.25, 0.3) is 0 Å². The van der Waals surface area contributed by atoms with E-state index in [4.69, 9.17) is 0 Å². The SMILES string of the molecule is CC(C)(Br)C(=O)c1ccc(N2CCCCC2)cc1. The van der Waals surface area contributed by atoms with Crippen LogP contribution in [0.5, 0.6) is 0 Å². The van der Waals surface area contributed by atoms with Crippen molar-refractivity contribution in [3.05, 3.63) is 29.8 Å². The predicted molar refractivity (Wildman–Crippen MR) is 79.8 cm³/mol. The van der Waals surface area contributed by atoms with Gasteiger partial charge < -0.3 is 4.90 Å². The van der Waals surface area contributed by atoms with Crippen molar-refractivity contribution < 1.29 is 4.79 Å². The molecule has 0 N–H and O–H groups in total. The number of nitrogens with zero attached hydrogens (tertiary/aromatic N) is 1. The van der Waals surface area contributed by atoms with Crippen molar-refractivity contribution in [1.29, 1.82) is 0 Å². The molecule has 1 aliphatic heterocycles. The van der Waals surface area contributed by atoms with Crippen molar-refractivity contribution >= 4 is 27.4 Å². The van der Waals surface area contributed by atoms with Crippen LogP contribution in [0.2, 0.25) is 0 Å². The Labute approximate surface area is 117 Å². The fourth-order valence-corrected chi connectivity index (χ4v) is 2.55. The minimum Gasteiger partial charge on any atom is -0.372 e. The Morgan fingerprint density at radius 2 is 1.67 bits per heavy atom. The second-order valence-electron chi connectivity index (χ2n) is 5.40. The lowest BCUT2D eigenvalue weighted by Crippen LogP contribution is -2.29. The summed E-state index contributed by atoms with van der Waals surface area (Å²) in [5.74, 6) is 0.132. The second-order valence-corrected chi connectivity index (χ2v) is 7.38. The molecule has 1 aromatic carbocycles. The molecular formula is C15H20BrNO. The highest BCUT2D eigenvalue weighted by Crippen LogP contribution is 2.25. The summed E-state index contributed by atoms with van der Waals surface area (Å²) in [6.45, 7) is 6.04. The summed E-state index contributed by atoms with van der Waals surface area (Å²) in [4.78, 5) is 14.5. The third-order valence-electron chi connectivity index (χ3n) is 3.39. The molecule has 2 nitrogen and oxygen atoms in total. The van der Waals surface area contributed by atoms with Gasteiger partial charge in [-0.25, -0.2) is 0 Å². The van der Waals surface area contributed by atoms with Gasteiger partial charge in [-0.05, 0) is 57.4 Å². The van der Waals surface area contributed by atoms with Crippen molar-refractivity contribution in [2.45, 2.75) is 37.4 Å². The Morgan fingerprint density at radius 1 is 1.11 bits per heavy atom. The molecule has 0 aliphatic carbocycles. The van der Waals surface area contributed by atoms with Crippen molar-refractivity contribution in [2.75, 3.05) is 18.0 Å². The average Bonchev–Trinajstić information content (AvgIpc) is 2.38. The monoisotopic (exact) mass is 309 g/mol. The summed E-state index contributed by atoms with van der Waals surface area (Å²) in [6, 6.07) is 8.01. The first kappa shape index (κ1) is 13.6. The van der Waals surface area contributed by atoms with E-state index in [2.05, 4.69) is 33.0 Å². The average molecular weight is 310 g/mol. The van der Waals surface area contributed by atoms with Gasteiger partial charge in [0.25, 0.3) is 0 Å². The molecule has 0 aromatic heterocycles. The fraction of sp³-hybridized carbons (Fsp3) is 0.533. The maximum absolute atomic E-state index is 12.1. The van der Waals surface area contributed by atoms with E-state index in [1.165, 1.54) is 24.9 Å². The predicted octanol–water partition coefficient (Wildman–Crippen LogP) is 4.03. The molecule has 1 aromatic rings. The molecule has 0 bridgehead atoms. The quantitative estimate of drug-likeness (QED) is 0.620. The highest BCUT2D eigenvalue weighted by atomic mass is 79.9. The van der Waals surface area contributed by atoms with Gasteiger partial charge in [0.15, 0.2) is 5.78 Å². The molecule has 1 saturated heterocycles. The van der Waals surface area contributed by atoms with E-state index in [1.54, 1.807) is 0 Å². The number of halogens is 1. The second kappa shape index (κ2) is 5.43. The first-order valence-electron chi connectivity index (χ1n) is 6.57. The number of anilines is 1. The Morgan fingerprint density at radius 3 is 2.17 bits per heavy atom. The summed E-state index contributed by atoms with van der Waals surface area (Å²) in [5.41, 5.74) is 2.01. The lowest BCUT2D eigenvalue weighted by Gasteiger charge is -2.29. The van der Waals surface area contributed by atoms with Crippen molar-refractivity contribution in [3.63, 3.8) is 0 Å². The van der Waals surface area contributed by atoms with Gasteiger partial charge in [-0.2, -0.15) is 0 Å². The third kappa shape index (κ3) is 3.14. The van der Waals surface area contributed by atoms with Crippen LogP contribution in [0.15, 0.2) is 24.3 Å². The van der Waals surface area contributed by atoms with E-state index < -0.39 is 4.32 Å². The zero-order valence-electron chi connectivity index (χ0n) is 11.1. The number of rotatable bonds is 3. The molecule has 0 unspecified atom stereocenters. The van der Waals surface area contributed by atoms with E-state index in [0.29, 0.717) is 0 Å². The molecule has 1 heterocycles. The number of ketones is 1. The lowest BCUT2D eigenvalue weighted by atomic mass is 10.0. The van der Waals surface area contributed by atoms with Crippen molar-refractivity contribution in [3.8, 4) is 0 Å². The van der Waals surface area contributed by atoms with Crippen molar-refractivity contribution in [1.82, 2.24) is 0 Å². The van der Waals surface area contributed by atoms with E-state index in [0.717, 1.165) is 18.7 Å². The van der Waals surface area contributed by atoms with Crippen molar-refractivity contribution in [2.24, 2.45) is 0 Å². The maximum Gasteiger partial charge on any atom is 0.178 e. The Kier molecular flexibility index (Phi) is 4.10. The van der Waals surface area contributed by atoms with E-state index in [-0.39, 0.29) is 5.78 Å². The molecule has 98 valence electrons. The topological polar surface area (TPSA) is 20.3 Å². The van der Waals surface area contributed by atoms with E-state index >= 15 is 0 Å². The van der Waals surface area contributed by atoms with Crippen LogP contribution < -0.4 is 4.90 Å². The summed E-state index contributed by atoms with van der Waals surface area (Å²) >= 11 is 3.42. The number of hydrogen-bond acceptors (Lipinski definition) is 2. The Balaban J connectivity index is 2.12. The summed E-state index contributed by atoms with van der Waals surface area (Å²) in [7, 11) is 0. The molecule has 1 fully saturated rings. The summed E-state index contributed by atoms with van der Waals surface area (Å²) in [5, 5.41) is 0. The van der Waals surface area contributed by atoms with Gasteiger partial charge in [-0.15, -0.1) is 0 Å². The molecule has 0 amide bonds. The number of carbonyl (C=O) groups excluding carboxylic acids is 1. The molecule has 0 atom stereocenters. The zero-order valence-corrected chi connectivity index (χ0v) is 12.7. The molecule has 0 radical (unpaired) electrons. The number of piperidine rings is 1. The molecule has 18 heavy (non-hydrogen) atoms. The minimum atomic E-state index is -0.486. The van der Waals surface area contributed by atoms with Gasteiger partial charge in [0.1, 0.15) is 0 Å². The molecule has 1 aliphatic rings. The molecule has 0 saturated carbocycles. The highest BCUT2D eigenvalue weighted by Gasteiger charge is 2.25. The number of carbonyl (C=O) groups is 1. The van der Waals surface area contributed by atoms with Gasteiger partial charge in [0.05, 0.1) is 4.32 Å². The first-order chi connectivity index (χ1) is 8.48. The smallest absolute Gasteiger partial charge is 0.178 e. The Hall–Kier alpha value is -0.830. The number of hydrogen-bond donors (Lipinski definition) is 0. The maximum atomic E-state index is 12.1. The molecular weight excluding hydrogens is 290 g/mol. The van der Waals surface area contributed by atoms with Crippen LogP contribution in [-0.4, -0.2) is 23.2 Å². The summed E-state index contributed by atoms with van der Waals surface area (Å²) in [6.07, 6.45) is 3.88.